The number of hydrogen-bond donors (Lipinski definition) is 2. The lowest BCUT2D eigenvalue weighted by atomic mass is 10.1. The van der Waals surface area contributed by atoms with E-state index in [-0.39, 0.29) is 24.8 Å². The van der Waals surface area contributed by atoms with E-state index in [1.165, 1.54) is 0 Å². The largest absolute Gasteiger partial charge is 0.481 e. The highest BCUT2D eigenvalue weighted by molar-refractivity contribution is 6.04. The molecule has 1 aromatic rings. The lowest BCUT2D eigenvalue weighted by molar-refractivity contribution is -0.138. The van der Waals surface area contributed by atoms with Crippen LogP contribution in [0.2, 0.25) is 0 Å². The first-order valence-corrected chi connectivity index (χ1v) is 7.78. The fourth-order valence-electron chi connectivity index (χ4n) is 2.20. The summed E-state index contributed by atoms with van der Waals surface area (Å²) in [6.45, 7) is 6.53. The number of para-hydroxylation sites is 1. The molecule has 0 aromatic heterocycles. The molecule has 0 heterocycles. The second-order valence-corrected chi connectivity index (χ2v) is 5.58. The summed E-state index contributed by atoms with van der Waals surface area (Å²) >= 11 is 0. The molecule has 2 N–H and O–H groups in total. The normalized spacial score (nSPS) is 10.4. The van der Waals surface area contributed by atoms with Gasteiger partial charge in [-0.25, -0.2) is 0 Å². The van der Waals surface area contributed by atoms with Gasteiger partial charge in [-0.15, -0.1) is 0 Å². The number of hydrogen-bond acceptors (Lipinski definition) is 3. The highest BCUT2D eigenvalue weighted by Gasteiger charge is 2.21. The summed E-state index contributed by atoms with van der Waals surface area (Å²) < 4.78 is 0. The summed E-state index contributed by atoms with van der Waals surface area (Å²) in [6, 6.07) is 6.84. The van der Waals surface area contributed by atoms with Crippen molar-refractivity contribution in [2.24, 2.45) is 0 Å². The average Bonchev–Trinajstić information content (AvgIpc) is 2.50. The van der Waals surface area contributed by atoms with Gasteiger partial charge in [0.15, 0.2) is 0 Å². The zero-order valence-electron chi connectivity index (χ0n) is 13.8. The second kappa shape index (κ2) is 8.92. The number of rotatable bonds is 8. The van der Waals surface area contributed by atoms with Gasteiger partial charge in [0, 0.05) is 19.0 Å². The van der Waals surface area contributed by atoms with Crippen LogP contribution in [0.3, 0.4) is 0 Å². The molecule has 0 spiro atoms. The van der Waals surface area contributed by atoms with Crippen LogP contribution in [0.15, 0.2) is 24.3 Å². The topological polar surface area (TPSA) is 86.7 Å². The first-order chi connectivity index (χ1) is 10.9. The van der Waals surface area contributed by atoms with Crippen molar-refractivity contribution < 1.29 is 19.5 Å². The number of amides is 2. The third kappa shape index (κ3) is 5.73. The summed E-state index contributed by atoms with van der Waals surface area (Å²) in [5, 5.41) is 11.3. The first-order valence-electron chi connectivity index (χ1n) is 7.78. The SMILES string of the molecule is CCCN(C(=O)c1ccccc1NC(=O)CCC(=O)O)C(C)C. The Bertz CT molecular complexity index is 569. The van der Waals surface area contributed by atoms with Crippen LogP contribution in [-0.2, 0) is 9.59 Å². The zero-order chi connectivity index (χ0) is 17.4. The third-order valence-electron chi connectivity index (χ3n) is 3.35. The molecule has 126 valence electrons. The number of anilines is 1. The molecule has 6 heteroatoms. The van der Waals surface area contributed by atoms with Gasteiger partial charge in [0.2, 0.25) is 5.91 Å². The van der Waals surface area contributed by atoms with E-state index in [9.17, 15) is 14.4 Å². The van der Waals surface area contributed by atoms with Crippen molar-refractivity contribution in [2.45, 2.75) is 46.1 Å². The minimum absolute atomic E-state index is 0.0539. The van der Waals surface area contributed by atoms with Crippen molar-refractivity contribution >= 4 is 23.5 Å². The van der Waals surface area contributed by atoms with Crippen molar-refractivity contribution in [3.8, 4) is 0 Å². The lowest BCUT2D eigenvalue weighted by Crippen LogP contribution is -2.38. The van der Waals surface area contributed by atoms with E-state index in [0.717, 1.165) is 6.42 Å². The molecule has 0 aliphatic heterocycles. The van der Waals surface area contributed by atoms with Crippen LogP contribution in [0, 0.1) is 0 Å². The average molecular weight is 320 g/mol. The maximum Gasteiger partial charge on any atom is 0.303 e. The van der Waals surface area contributed by atoms with Crippen molar-refractivity contribution in [3.63, 3.8) is 0 Å². The van der Waals surface area contributed by atoms with Crippen molar-refractivity contribution in [2.75, 3.05) is 11.9 Å². The monoisotopic (exact) mass is 320 g/mol. The van der Waals surface area contributed by atoms with E-state index in [4.69, 9.17) is 5.11 Å². The van der Waals surface area contributed by atoms with Gasteiger partial charge in [-0.2, -0.15) is 0 Å². The van der Waals surface area contributed by atoms with Gasteiger partial charge >= 0.3 is 5.97 Å². The Kier molecular flexibility index (Phi) is 7.25. The Morgan fingerprint density at radius 3 is 2.39 bits per heavy atom. The molecule has 0 aliphatic carbocycles. The van der Waals surface area contributed by atoms with E-state index in [2.05, 4.69) is 5.32 Å². The third-order valence-corrected chi connectivity index (χ3v) is 3.35. The van der Waals surface area contributed by atoms with Gasteiger partial charge in [0.05, 0.1) is 17.7 Å². The molecule has 0 radical (unpaired) electrons. The number of carbonyl (C=O) groups excluding carboxylic acids is 2. The molecule has 1 rings (SSSR count). The Morgan fingerprint density at radius 2 is 1.83 bits per heavy atom. The highest BCUT2D eigenvalue weighted by atomic mass is 16.4. The number of carbonyl (C=O) groups is 3. The highest BCUT2D eigenvalue weighted by Crippen LogP contribution is 2.19. The fourth-order valence-corrected chi connectivity index (χ4v) is 2.20. The van der Waals surface area contributed by atoms with E-state index in [1.54, 1.807) is 29.2 Å². The van der Waals surface area contributed by atoms with Crippen LogP contribution in [0.25, 0.3) is 0 Å². The molecular formula is C17H24N2O4. The number of aliphatic carboxylic acids is 1. The summed E-state index contributed by atoms with van der Waals surface area (Å²) in [6.07, 6.45) is 0.480. The summed E-state index contributed by atoms with van der Waals surface area (Å²) in [5.41, 5.74) is 0.827. The summed E-state index contributed by atoms with van der Waals surface area (Å²) in [4.78, 5) is 36.8. The molecule has 0 unspecified atom stereocenters. The maximum atomic E-state index is 12.7. The van der Waals surface area contributed by atoms with Crippen LogP contribution >= 0.6 is 0 Å². The molecule has 0 saturated heterocycles. The minimum Gasteiger partial charge on any atom is -0.481 e. The summed E-state index contributed by atoms with van der Waals surface area (Å²) in [7, 11) is 0. The molecule has 0 fully saturated rings. The van der Waals surface area contributed by atoms with Gasteiger partial charge in [0.25, 0.3) is 5.91 Å². The van der Waals surface area contributed by atoms with E-state index in [1.807, 2.05) is 20.8 Å². The van der Waals surface area contributed by atoms with E-state index in [0.29, 0.717) is 17.8 Å². The van der Waals surface area contributed by atoms with E-state index >= 15 is 0 Å². The number of nitrogens with one attached hydrogen (secondary N) is 1. The Morgan fingerprint density at radius 1 is 1.17 bits per heavy atom. The Labute approximate surface area is 136 Å². The molecular weight excluding hydrogens is 296 g/mol. The number of benzene rings is 1. The van der Waals surface area contributed by atoms with E-state index < -0.39 is 11.9 Å². The molecule has 1 aromatic carbocycles. The maximum absolute atomic E-state index is 12.7. The molecule has 23 heavy (non-hydrogen) atoms. The quantitative estimate of drug-likeness (QED) is 0.771. The second-order valence-electron chi connectivity index (χ2n) is 5.58. The molecule has 6 nitrogen and oxygen atoms in total. The van der Waals surface area contributed by atoms with Gasteiger partial charge in [-0.05, 0) is 32.4 Å². The number of carboxylic acids is 1. The number of nitrogens with zero attached hydrogens (tertiary/aromatic N) is 1. The van der Waals surface area contributed by atoms with Crippen molar-refractivity contribution in [3.05, 3.63) is 29.8 Å². The molecule has 0 aliphatic rings. The minimum atomic E-state index is -1.03. The predicted molar refractivity (Wildman–Crippen MR) is 88.4 cm³/mol. The standard InChI is InChI=1S/C17H24N2O4/c1-4-11-19(12(2)3)17(23)13-7-5-6-8-14(13)18-15(20)9-10-16(21)22/h5-8,12H,4,9-11H2,1-3H3,(H,18,20)(H,21,22). The zero-order valence-corrected chi connectivity index (χ0v) is 13.8. The fraction of sp³-hybridized carbons (Fsp3) is 0.471. The van der Waals surface area contributed by atoms with Crippen LogP contribution in [0.1, 0.15) is 50.4 Å². The smallest absolute Gasteiger partial charge is 0.303 e. The van der Waals surface area contributed by atoms with Crippen LogP contribution in [-0.4, -0.2) is 40.4 Å². The molecule has 2 amide bonds. The predicted octanol–water partition coefficient (Wildman–Crippen LogP) is 2.75. The van der Waals surface area contributed by atoms with Gasteiger partial charge in [-0.1, -0.05) is 19.1 Å². The van der Waals surface area contributed by atoms with Crippen LogP contribution in [0.5, 0.6) is 0 Å². The van der Waals surface area contributed by atoms with Gasteiger partial charge in [-0.3, -0.25) is 14.4 Å². The van der Waals surface area contributed by atoms with Gasteiger partial charge < -0.3 is 15.3 Å². The molecule has 0 bridgehead atoms. The molecule has 0 atom stereocenters. The van der Waals surface area contributed by atoms with Gasteiger partial charge in [0.1, 0.15) is 0 Å². The Balaban J connectivity index is 2.93. The Hall–Kier alpha value is -2.37. The van der Waals surface area contributed by atoms with Crippen molar-refractivity contribution in [1.82, 2.24) is 4.90 Å². The first kappa shape index (κ1) is 18.7. The van der Waals surface area contributed by atoms with Crippen LogP contribution < -0.4 is 5.32 Å². The van der Waals surface area contributed by atoms with Crippen molar-refractivity contribution in [1.29, 1.82) is 0 Å². The molecule has 0 saturated carbocycles. The van der Waals surface area contributed by atoms with Crippen LogP contribution in [0.4, 0.5) is 5.69 Å². The summed E-state index contributed by atoms with van der Waals surface area (Å²) in [5.74, 6) is -1.59. The number of carboxylic acid groups (broad SMARTS) is 1. The lowest BCUT2D eigenvalue weighted by Gasteiger charge is -2.27.